The Kier molecular flexibility index (Phi) is 7.82. The number of ether oxygens (including phenoxy) is 1. The first-order chi connectivity index (χ1) is 14.8. The summed E-state index contributed by atoms with van der Waals surface area (Å²) in [4.78, 5) is 29.3. The van der Waals surface area contributed by atoms with Gasteiger partial charge in [0.1, 0.15) is 5.60 Å². The number of imide groups is 1. The van der Waals surface area contributed by atoms with Gasteiger partial charge >= 0.3 is 6.09 Å². The van der Waals surface area contributed by atoms with E-state index < -0.39 is 11.7 Å². The minimum atomic E-state index is -0.677. The number of anilines is 1. The van der Waals surface area contributed by atoms with Crippen molar-refractivity contribution in [3.05, 3.63) is 66.2 Å². The summed E-state index contributed by atoms with van der Waals surface area (Å²) in [6.45, 7) is 8.38. The highest BCUT2D eigenvalue weighted by atomic mass is 16.6. The number of carbonyl (C=O) groups is 2. The molecule has 2 aromatic carbocycles. The van der Waals surface area contributed by atoms with Gasteiger partial charge in [-0.2, -0.15) is 0 Å². The molecule has 0 unspecified atom stereocenters. The molecule has 2 amide bonds. The third kappa shape index (κ3) is 7.19. The number of piperidine rings is 1. The molecule has 6 heteroatoms. The first kappa shape index (κ1) is 23.0. The molecule has 1 aliphatic rings. The van der Waals surface area contributed by atoms with Crippen molar-refractivity contribution < 1.29 is 14.3 Å². The minimum Gasteiger partial charge on any atom is -0.443 e. The van der Waals surface area contributed by atoms with Gasteiger partial charge in [0.2, 0.25) is 5.91 Å². The van der Waals surface area contributed by atoms with Crippen molar-refractivity contribution in [2.45, 2.75) is 51.8 Å². The topological polar surface area (TPSA) is 61.9 Å². The van der Waals surface area contributed by atoms with E-state index in [9.17, 15) is 9.59 Å². The molecule has 0 radical (unpaired) electrons. The third-order valence-electron chi connectivity index (χ3n) is 5.22. The van der Waals surface area contributed by atoms with Crippen LogP contribution in [0, 0.1) is 0 Å². The van der Waals surface area contributed by atoms with Gasteiger partial charge in [-0.15, -0.1) is 0 Å². The molecule has 1 N–H and O–H groups in total. The number of hydrogen-bond acceptors (Lipinski definition) is 5. The molecule has 0 saturated carbocycles. The molecule has 1 fully saturated rings. The van der Waals surface area contributed by atoms with Crippen LogP contribution in [0.4, 0.5) is 10.5 Å². The summed E-state index contributed by atoms with van der Waals surface area (Å²) in [6.07, 6.45) is 1.29. The molecule has 0 atom stereocenters. The van der Waals surface area contributed by atoms with E-state index in [2.05, 4.69) is 34.5 Å². The Hall–Kier alpha value is -2.70. The molecule has 1 aliphatic heterocycles. The first-order valence-corrected chi connectivity index (χ1v) is 10.9. The lowest BCUT2D eigenvalue weighted by Crippen LogP contribution is -2.48. The van der Waals surface area contributed by atoms with Crippen LogP contribution in [-0.4, -0.2) is 48.2 Å². The zero-order chi connectivity index (χ0) is 22.3. The van der Waals surface area contributed by atoms with Crippen LogP contribution in [0.2, 0.25) is 0 Å². The van der Waals surface area contributed by atoms with Crippen molar-refractivity contribution >= 4 is 17.7 Å². The number of nitrogens with zero attached hydrogens (tertiary/aromatic N) is 2. The highest BCUT2D eigenvalue weighted by molar-refractivity contribution is 6.13. The van der Waals surface area contributed by atoms with Crippen LogP contribution in [-0.2, 0) is 16.1 Å². The molecular weight excluding hydrogens is 390 g/mol. The molecule has 6 nitrogen and oxygen atoms in total. The van der Waals surface area contributed by atoms with Gasteiger partial charge in [0.15, 0.2) is 0 Å². The second-order valence-electron chi connectivity index (χ2n) is 8.96. The number of hydrogen-bond donors (Lipinski definition) is 1. The highest BCUT2D eigenvalue weighted by Crippen LogP contribution is 2.19. The van der Waals surface area contributed by atoms with E-state index in [0.29, 0.717) is 5.69 Å². The number of rotatable bonds is 6. The molecule has 0 bridgehead atoms. The van der Waals surface area contributed by atoms with E-state index in [1.54, 1.807) is 45.0 Å². The van der Waals surface area contributed by atoms with E-state index in [0.717, 1.165) is 37.4 Å². The monoisotopic (exact) mass is 423 g/mol. The lowest BCUT2D eigenvalue weighted by molar-refractivity contribution is -0.117. The number of likely N-dealkylation sites (tertiary alicyclic amines) is 1. The summed E-state index contributed by atoms with van der Waals surface area (Å²) < 4.78 is 5.47. The Morgan fingerprint density at radius 2 is 1.58 bits per heavy atom. The lowest BCUT2D eigenvalue weighted by Gasteiger charge is -2.33. The first-order valence-electron chi connectivity index (χ1n) is 10.9. The molecule has 2 aromatic rings. The van der Waals surface area contributed by atoms with Crippen molar-refractivity contribution in [3.63, 3.8) is 0 Å². The van der Waals surface area contributed by atoms with E-state index in [-0.39, 0.29) is 18.5 Å². The van der Waals surface area contributed by atoms with Crippen molar-refractivity contribution in [2.24, 2.45) is 0 Å². The molecule has 0 aliphatic carbocycles. The van der Waals surface area contributed by atoms with E-state index in [1.165, 1.54) is 5.56 Å². The van der Waals surface area contributed by atoms with Crippen LogP contribution in [0.25, 0.3) is 0 Å². The molecule has 3 rings (SSSR count). The van der Waals surface area contributed by atoms with Crippen LogP contribution in [0.5, 0.6) is 0 Å². The normalized spacial score (nSPS) is 15.5. The molecule has 166 valence electrons. The van der Waals surface area contributed by atoms with Gasteiger partial charge in [0.05, 0.1) is 12.2 Å². The average molecular weight is 424 g/mol. The van der Waals surface area contributed by atoms with Gasteiger partial charge in [-0.1, -0.05) is 48.5 Å². The predicted molar refractivity (Wildman–Crippen MR) is 123 cm³/mol. The molecule has 31 heavy (non-hydrogen) atoms. The summed E-state index contributed by atoms with van der Waals surface area (Å²) in [5.74, 6) is -0.313. The Morgan fingerprint density at radius 1 is 1.00 bits per heavy atom. The van der Waals surface area contributed by atoms with Gasteiger partial charge < -0.3 is 10.1 Å². The van der Waals surface area contributed by atoms with Crippen LogP contribution in [0.15, 0.2) is 60.7 Å². The SMILES string of the molecule is CC(C)(C)OC(=O)N(C(=O)CNC1CCN(Cc2ccccc2)CC1)c1ccccc1. The van der Waals surface area contributed by atoms with Crippen LogP contribution in [0.1, 0.15) is 39.2 Å². The Balaban J connectivity index is 1.53. The molecule has 1 heterocycles. The fourth-order valence-electron chi connectivity index (χ4n) is 3.68. The van der Waals surface area contributed by atoms with E-state index in [1.807, 2.05) is 12.1 Å². The van der Waals surface area contributed by atoms with Gasteiger partial charge in [-0.25, -0.2) is 9.69 Å². The molecule has 1 saturated heterocycles. The van der Waals surface area contributed by atoms with Gasteiger partial charge in [0.25, 0.3) is 0 Å². The second kappa shape index (κ2) is 10.6. The standard InChI is InChI=1S/C25H33N3O3/c1-25(2,3)31-24(30)28(22-12-8-5-9-13-22)23(29)18-26-21-14-16-27(17-15-21)19-20-10-6-4-7-11-20/h4-13,21,26H,14-19H2,1-3H3. The molecule has 0 spiro atoms. The van der Waals surface area contributed by atoms with E-state index in [4.69, 9.17) is 4.74 Å². The summed E-state index contributed by atoms with van der Waals surface area (Å²) in [6, 6.07) is 19.7. The van der Waals surface area contributed by atoms with Crippen LogP contribution < -0.4 is 10.2 Å². The number of nitrogens with one attached hydrogen (secondary N) is 1. The number of benzene rings is 2. The summed E-state index contributed by atoms with van der Waals surface area (Å²) >= 11 is 0. The third-order valence-corrected chi connectivity index (χ3v) is 5.22. The molecular formula is C25H33N3O3. The Morgan fingerprint density at radius 3 is 2.16 bits per heavy atom. The van der Waals surface area contributed by atoms with Gasteiger partial charge in [-0.3, -0.25) is 9.69 Å². The summed E-state index contributed by atoms with van der Waals surface area (Å²) in [5, 5.41) is 3.35. The lowest BCUT2D eigenvalue weighted by atomic mass is 10.0. The average Bonchev–Trinajstić information content (AvgIpc) is 2.74. The van der Waals surface area contributed by atoms with Gasteiger partial charge in [0, 0.05) is 12.6 Å². The Bertz CT molecular complexity index is 841. The number of para-hydroxylation sites is 1. The maximum absolute atomic E-state index is 13.0. The number of amides is 2. The highest BCUT2D eigenvalue weighted by Gasteiger charge is 2.29. The fraction of sp³-hybridized carbons (Fsp3) is 0.440. The molecule has 0 aromatic heterocycles. The zero-order valence-electron chi connectivity index (χ0n) is 18.7. The van der Waals surface area contributed by atoms with Crippen molar-refractivity contribution in [1.29, 1.82) is 0 Å². The van der Waals surface area contributed by atoms with Gasteiger partial charge in [-0.05, 0) is 64.4 Å². The van der Waals surface area contributed by atoms with Crippen molar-refractivity contribution in [1.82, 2.24) is 10.2 Å². The van der Waals surface area contributed by atoms with Crippen molar-refractivity contribution in [3.8, 4) is 0 Å². The van der Waals surface area contributed by atoms with E-state index >= 15 is 0 Å². The van der Waals surface area contributed by atoms with Crippen LogP contribution >= 0.6 is 0 Å². The fourth-order valence-corrected chi connectivity index (χ4v) is 3.68. The zero-order valence-corrected chi connectivity index (χ0v) is 18.7. The predicted octanol–water partition coefficient (Wildman–Crippen LogP) is 4.21. The summed E-state index contributed by atoms with van der Waals surface area (Å²) in [5.41, 5.74) is 1.16. The van der Waals surface area contributed by atoms with Crippen LogP contribution in [0.3, 0.4) is 0 Å². The minimum absolute atomic E-state index is 0.0947. The second-order valence-corrected chi connectivity index (χ2v) is 8.96. The number of carbonyl (C=O) groups excluding carboxylic acids is 2. The Labute approximate surface area is 185 Å². The summed E-state index contributed by atoms with van der Waals surface area (Å²) in [7, 11) is 0. The largest absolute Gasteiger partial charge is 0.443 e. The smallest absolute Gasteiger partial charge is 0.421 e. The quantitative estimate of drug-likeness (QED) is 0.754. The maximum atomic E-state index is 13.0. The van der Waals surface area contributed by atoms with Crippen molar-refractivity contribution in [2.75, 3.05) is 24.5 Å². The maximum Gasteiger partial charge on any atom is 0.421 e.